The molecule has 11 heteroatoms. The normalized spacial score (nSPS) is 20.6. The van der Waals surface area contributed by atoms with Crippen LogP contribution in [0.25, 0.3) is 0 Å². The van der Waals surface area contributed by atoms with Crippen molar-refractivity contribution in [3.8, 4) is 0 Å². The molecule has 2 heterocycles. The van der Waals surface area contributed by atoms with Gasteiger partial charge >= 0.3 is 18.4 Å². The third kappa shape index (κ3) is 6.01. The Morgan fingerprint density at radius 2 is 1.57 bits per heavy atom. The molecule has 0 saturated carbocycles. The molecule has 2 aromatic rings. The summed E-state index contributed by atoms with van der Waals surface area (Å²) < 4.78 is 81.8. The van der Waals surface area contributed by atoms with Gasteiger partial charge in [-0.25, -0.2) is 4.79 Å². The van der Waals surface area contributed by atoms with Crippen LogP contribution in [-0.4, -0.2) is 52.8 Å². The molecule has 0 aromatic heterocycles. The number of benzene rings is 2. The molecule has 4 rings (SSSR count). The lowest BCUT2D eigenvalue weighted by atomic mass is 9.76. The second kappa shape index (κ2) is 12.2. The SMILES string of the molecule is C=CCC1(CC=C)C[C@H]2[C@H](c3ccccc3C)N(C(=O)N(C)[C@H](C=C)c3cc(C(F)(F)F)cc(C(F)(F)F)c3)CCN2C1=O. The van der Waals surface area contributed by atoms with Gasteiger partial charge in [-0.2, -0.15) is 26.3 Å². The van der Waals surface area contributed by atoms with Gasteiger partial charge in [0, 0.05) is 20.1 Å². The topological polar surface area (TPSA) is 43.9 Å². The van der Waals surface area contributed by atoms with Crippen LogP contribution in [0.2, 0.25) is 0 Å². The van der Waals surface area contributed by atoms with Gasteiger partial charge in [-0.1, -0.05) is 42.5 Å². The molecule has 2 aromatic carbocycles. The van der Waals surface area contributed by atoms with E-state index in [0.717, 1.165) is 22.1 Å². The Bertz CT molecular complexity index is 1410. The van der Waals surface area contributed by atoms with Crippen molar-refractivity contribution in [2.24, 2.45) is 5.41 Å². The molecule has 2 saturated heterocycles. The van der Waals surface area contributed by atoms with Crippen molar-refractivity contribution in [2.45, 2.75) is 56.7 Å². The zero-order valence-corrected chi connectivity index (χ0v) is 24.6. The molecule has 0 unspecified atom stereocenters. The molecule has 44 heavy (non-hydrogen) atoms. The maximum atomic E-state index is 14.2. The minimum atomic E-state index is -5.05. The minimum absolute atomic E-state index is 0.0504. The summed E-state index contributed by atoms with van der Waals surface area (Å²) in [5.41, 5.74) is -2.46. The number of carbonyl (C=O) groups excluding carboxylic acids is 2. The Morgan fingerprint density at radius 3 is 2.07 bits per heavy atom. The van der Waals surface area contributed by atoms with Crippen LogP contribution >= 0.6 is 0 Å². The number of nitrogens with zero attached hydrogens (tertiary/aromatic N) is 3. The second-order valence-corrected chi connectivity index (χ2v) is 11.4. The molecule has 5 nitrogen and oxygen atoms in total. The van der Waals surface area contributed by atoms with E-state index >= 15 is 0 Å². The molecular weight excluding hydrogens is 584 g/mol. The monoisotopic (exact) mass is 619 g/mol. The van der Waals surface area contributed by atoms with E-state index in [9.17, 15) is 35.9 Å². The van der Waals surface area contributed by atoms with E-state index in [-0.39, 0.29) is 30.6 Å². The number of urea groups is 1. The fourth-order valence-corrected chi connectivity index (χ4v) is 6.64. The van der Waals surface area contributed by atoms with E-state index in [1.807, 2.05) is 31.2 Å². The first-order valence-electron chi connectivity index (χ1n) is 14.1. The van der Waals surface area contributed by atoms with Crippen LogP contribution in [-0.2, 0) is 17.1 Å². The van der Waals surface area contributed by atoms with Crippen LogP contribution in [0.1, 0.15) is 59.2 Å². The van der Waals surface area contributed by atoms with E-state index in [1.54, 1.807) is 22.0 Å². The van der Waals surface area contributed by atoms with Gasteiger partial charge in [-0.15, -0.1) is 19.7 Å². The summed E-state index contributed by atoms with van der Waals surface area (Å²) >= 11 is 0. The Balaban J connectivity index is 1.78. The van der Waals surface area contributed by atoms with Gasteiger partial charge in [0.2, 0.25) is 5.91 Å². The maximum Gasteiger partial charge on any atom is 0.416 e. The summed E-state index contributed by atoms with van der Waals surface area (Å²) in [5, 5.41) is 0. The lowest BCUT2D eigenvalue weighted by Crippen LogP contribution is -2.57. The summed E-state index contributed by atoms with van der Waals surface area (Å²) in [7, 11) is 1.32. The average molecular weight is 620 g/mol. The van der Waals surface area contributed by atoms with Gasteiger partial charge in [-0.3, -0.25) is 4.79 Å². The first-order chi connectivity index (χ1) is 20.6. The first kappa shape index (κ1) is 32.9. The average Bonchev–Trinajstić information content (AvgIpc) is 3.23. The number of aryl methyl sites for hydroxylation is 1. The smallest absolute Gasteiger partial charge is 0.335 e. The van der Waals surface area contributed by atoms with Crippen LogP contribution in [0.5, 0.6) is 0 Å². The summed E-state index contributed by atoms with van der Waals surface area (Å²) in [6, 6.07) is 5.69. The lowest BCUT2D eigenvalue weighted by Gasteiger charge is -2.47. The van der Waals surface area contributed by atoms with E-state index in [1.165, 1.54) is 7.05 Å². The van der Waals surface area contributed by atoms with Gasteiger partial charge in [0.25, 0.3) is 0 Å². The van der Waals surface area contributed by atoms with Crippen LogP contribution < -0.4 is 0 Å². The van der Waals surface area contributed by atoms with Gasteiger partial charge in [0.1, 0.15) is 0 Å². The number of hydrogen-bond donors (Lipinski definition) is 0. The van der Waals surface area contributed by atoms with Crippen molar-refractivity contribution in [3.63, 3.8) is 0 Å². The highest BCUT2D eigenvalue weighted by Gasteiger charge is 2.56. The molecule has 3 atom stereocenters. The van der Waals surface area contributed by atoms with Gasteiger partial charge in [0.15, 0.2) is 0 Å². The molecule has 2 aliphatic rings. The lowest BCUT2D eigenvalue weighted by molar-refractivity contribution is -0.143. The standard InChI is InChI=1S/C33H35F6N3O2/c1-6-13-31(14-7-2)20-27-28(25-12-10-9-11-21(25)4)42(16-15-41(27)29(31)43)30(44)40(5)26(8-3)22-17-23(32(34,35)36)19-24(18-22)33(37,38)39/h6-12,17-19,26-28H,1-3,13-16,20H2,4-5H3/t26-,27+,28+/m1/s1. The molecule has 236 valence electrons. The van der Waals surface area contributed by atoms with E-state index < -0.39 is 53.1 Å². The molecule has 2 fully saturated rings. The molecule has 0 aliphatic carbocycles. The molecule has 0 spiro atoms. The fourth-order valence-electron chi connectivity index (χ4n) is 6.64. The molecule has 2 aliphatic heterocycles. The first-order valence-corrected chi connectivity index (χ1v) is 14.1. The number of rotatable bonds is 8. The van der Waals surface area contributed by atoms with Crippen LogP contribution in [0.3, 0.4) is 0 Å². The maximum absolute atomic E-state index is 14.2. The predicted octanol–water partition coefficient (Wildman–Crippen LogP) is 8.11. The van der Waals surface area contributed by atoms with Gasteiger partial charge < -0.3 is 14.7 Å². The van der Waals surface area contributed by atoms with Crippen molar-refractivity contribution in [1.29, 1.82) is 0 Å². The molecular formula is C33H35F6N3O2. The van der Waals surface area contributed by atoms with Gasteiger partial charge in [0.05, 0.1) is 34.7 Å². The van der Waals surface area contributed by atoms with Crippen molar-refractivity contribution in [2.75, 3.05) is 20.1 Å². The number of piperazine rings is 1. The van der Waals surface area contributed by atoms with Crippen LogP contribution in [0, 0.1) is 12.3 Å². The fraction of sp³-hybridized carbons (Fsp3) is 0.394. The van der Waals surface area contributed by atoms with E-state index in [4.69, 9.17) is 0 Å². The van der Waals surface area contributed by atoms with Crippen molar-refractivity contribution in [1.82, 2.24) is 14.7 Å². The summed E-state index contributed by atoms with van der Waals surface area (Å²) in [6.07, 6.45) is -4.33. The van der Waals surface area contributed by atoms with E-state index in [2.05, 4.69) is 19.7 Å². The number of fused-ring (bicyclic) bond motifs is 1. The number of amides is 3. The Kier molecular flexibility index (Phi) is 9.09. The number of likely N-dealkylation sites (N-methyl/N-ethyl adjacent to an activating group) is 1. The highest BCUT2D eigenvalue weighted by molar-refractivity contribution is 5.87. The Labute approximate surface area is 253 Å². The highest BCUT2D eigenvalue weighted by atomic mass is 19.4. The third-order valence-electron chi connectivity index (χ3n) is 8.71. The Hall–Kier alpha value is -4.02. The van der Waals surface area contributed by atoms with Gasteiger partial charge in [-0.05, 0) is 61.1 Å². The highest BCUT2D eigenvalue weighted by Crippen LogP contribution is 2.50. The van der Waals surface area contributed by atoms with Crippen LogP contribution in [0.15, 0.2) is 80.4 Å². The number of carbonyl (C=O) groups is 2. The zero-order valence-electron chi connectivity index (χ0n) is 24.6. The van der Waals surface area contributed by atoms with Crippen molar-refractivity contribution >= 4 is 11.9 Å². The largest absolute Gasteiger partial charge is 0.416 e. The number of alkyl halides is 6. The minimum Gasteiger partial charge on any atom is -0.335 e. The van der Waals surface area contributed by atoms with E-state index in [0.29, 0.717) is 31.4 Å². The third-order valence-corrected chi connectivity index (χ3v) is 8.71. The molecule has 3 amide bonds. The Morgan fingerprint density at radius 1 is 1.00 bits per heavy atom. The second-order valence-electron chi connectivity index (χ2n) is 11.4. The number of hydrogen-bond acceptors (Lipinski definition) is 2. The zero-order chi connectivity index (χ0) is 32.6. The quantitative estimate of drug-likeness (QED) is 0.221. The predicted molar refractivity (Wildman–Crippen MR) is 155 cm³/mol. The van der Waals surface area contributed by atoms with Crippen LogP contribution in [0.4, 0.5) is 31.1 Å². The summed E-state index contributed by atoms with van der Waals surface area (Å²) in [4.78, 5) is 32.5. The molecule has 0 bridgehead atoms. The number of allylic oxidation sites excluding steroid dienone is 2. The summed E-state index contributed by atoms with van der Waals surface area (Å²) in [5.74, 6) is -0.0612. The number of halogens is 6. The van der Waals surface area contributed by atoms with Crippen molar-refractivity contribution in [3.05, 3.63) is 108 Å². The summed E-state index contributed by atoms with van der Waals surface area (Å²) in [6.45, 7) is 13.5. The molecule has 0 radical (unpaired) electrons. The molecule has 0 N–H and O–H groups in total. The van der Waals surface area contributed by atoms with Crippen molar-refractivity contribution < 1.29 is 35.9 Å².